The standard InChI is InChI=1S/C19H22N4/c1-15-12-17(8-11-21-15)14-23-19-4-2-18(3-5-19)22-13-16-6-9-20-10-7-16/h2-12,15,21-23H,13-14H2,1H3. The van der Waals surface area contributed by atoms with Crippen LogP contribution in [0.5, 0.6) is 0 Å². The Balaban J connectivity index is 1.50. The van der Waals surface area contributed by atoms with Gasteiger partial charge in [0.25, 0.3) is 0 Å². The van der Waals surface area contributed by atoms with Gasteiger partial charge in [0.1, 0.15) is 0 Å². The number of pyridine rings is 1. The van der Waals surface area contributed by atoms with E-state index in [1.54, 1.807) is 0 Å². The number of benzene rings is 1. The van der Waals surface area contributed by atoms with E-state index in [0.717, 1.165) is 24.5 Å². The minimum atomic E-state index is 0.400. The van der Waals surface area contributed by atoms with Crippen LogP contribution in [0.3, 0.4) is 0 Å². The average molecular weight is 306 g/mol. The van der Waals surface area contributed by atoms with E-state index >= 15 is 0 Å². The summed E-state index contributed by atoms with van der Waals surface area (Å²) >= 11 is 0. The van der Waals surface area contributed by atoms with Crippen LogP contribution in [0.15, 0.2) is 72.7 Å². The van der Waals surface area contributed by atoms with Crippen LogP contribution in [-0.4, -0.2) is 17.6 Å². The zero-order valence-electron chi connectivity index (χ0n) is 13.3. The average Bonchev–Trinajstić information content (AvgIpc) is 2.60. The molecule has 0 fully saturated rings. The minimum absolute atomic E-state index is 0.400. The van der Waals surface area contributed by atoms with Crippen molar-refractivity contribution in [3.8, 4) is 0 Å². The van der Waals surface area contributed by atoms with E-state index in [0.29, 0.717) is 6.04 Å². The molecule has 4 heteroatoms. The summed E-state index contributed by atoms with van der Waals surface area (Å²) < 4.78 is 0. The van der Waals surface area contributed by atoms with Gasteiger partial charge in [0, 0.05) is 42.9 Å². The fourth-order valence-corrected chi connectivity index (χ4v) is 2.46. The molecule has 0 spiro atoms. The van der Waals surface area contributed by atoms with E-state index in [9.17, 15) is 0 Å². The number of dihydropyridines is 1. The maximum atomic E-state index is 4.03. The lowest BCUT2D eigenvalue weighted by atomic mass is 10.1. The number of anilines is 2. The summed E-state index contributed by atoms with van der Waals surface area (Å²) in [5.74, 6) is 0. The number of hydrogen-bond donors (Lipinski definition) is 3. The Hall–Kier alpha value is -2.75. The van der Waals surface area contributed by atoms with Gasteiger partial charge < -0.3 is 16.0 Å². The summed E-state index contributed by atoms with van der Waals surface area (Å²) in [6, 6.07) is 12.8. The van der Waals surface area contributed by atoms with Crippen molar-refractivity contribution in [2.45, 2.75) is 19.5 Å². The SMILES string of the molecule is CC1C=C(CNc2ccc(NCc3ccncc3)cc2)C=CN1. The third-order valence-electron chi connectivity index (χ3n) is 3.75. The second-order valence-corrected chi connectivity index (χ2v) is 5.67. The Morgan fingerprint density at radius 1 is 0.957 bits per heavy atom. The minimum Gasteiger partial charge on any atom is -0.385 e. The Labute approximate surface area is 137 Å². The molecule has 3 rings (SSSR count). The van der Waals surface area contributed by atoms with Crippen LogP contribution in [0.25, 0.3) is 0 Å². The topological polar surface area (TPSA) is 49.0 Å². The molecule has 1 aromatic carbocycles. The van der Waals surface area contributed by atoms with Crippen molar-refractivity contribution in [2.24, 2.45) is 0 Å². The molecular weight excluding hydrogens is 284 g/mol. The van der Waals surface area contributed by atoms with Gasteiger partial charge in [-0.15, -0.1) is 0 Å². The van der Waals surface area contributed by atoms with Crippen molar-refractivity contribution in [3.63, 3.8) is 0 Å². The molecule has 4 nitrogen and oxygen atoms in total. The van der Waals surface area contributed by atoms with Gasteiger partial charge in [-0.1, -0.05) is 6.08 Å². The highest BCUT2D eigenvalue weighted by Crippen LogP contribution is 2.15. The van der Waals surface area contributed by atoms with Crippen LogP contribution in [0.2, 0.25) is 0 Å². The highest BCUT2D eigenvalue weighted by atomic mass is 14.9. The highest BCUT2D eigenvalue weighted by molar-refractivity contribution is 5.54. The molecule has 1 aliphatic rings. The smallest absolute Gasteiger partial charge is 0.0417 e. The number of aromatic nitrogens is 1. The van der Waals surface area contributed by atoms with Crippen LogP contribution in [0, 0.1) is 0 Å². The summed E-state index contributed by atoms with van der Waals surface area (Å²) in [5.41, 5.74) is 4.76. The molecule has 1 aromatic heterocycles. The molecule has 23 heavy (non-hydrogen) atoms. The molecule has 0 saturated heterocycles. The van der Waals surface area contributed by atoms with Crippen molar-refractivity contribution in [1.29, 1.82) is 0 Å². The number of hydrogen-bond acceptors (Lipinski definition) is 4. The molecule has 1 unspecified atom stereocenters. The molecule has 0 aliphatic carbocycles. The Morgan fingerprint density at radius 3 is 2.26 bits per heavy atom. The van der Waals surface area contributed by atoms with Gasteiger partial charge in [-0.3, -0.25) is 4.98 Å². The van der Waals surface area contributed by atoms with E-state index in [-0.39, 0.29) is 0 Å². The summed E-state index contributed by atoms with van der Waals surface area (Å²) in [7, 11) is 0. The molecule has 2 aromatic rings. The van der Waals surface area contributed by atoms with Gasteiger partial charge >= 0.3 is 0 Å². The maximum Gasteiger partial charge on any atom is 0.0417 e. The second kappa shape index (κ2) is 7.49. The lowest BCUT2D eigenvalue weighted by molar-refractivity contribution is 0.751. The monoisotopic (exact) mass is 306 g/mol. The Kier molecular flexibility index (Phi) is 4.94. The first kappa shape index (κ1) is 15.2. The molecule has 0 radical (unpaired) electrons. The van der Waals surface area contributed by atoms with Crippen LogP contribution >= 0.6 is 0 Å². The zero-order chi connectivity index (χ0) is 15.9. The normalized spacial score (nSPS) is 16.4. The van der Waals surface area contributed by atoms with E-state index < -0.39 is 0 Å². The molecule has 3 N–H and O–H groups in total. The third-order valence-corrected chi connectivity index (χ3v) is 3.75. The molecule has 2 heterocycles. The van der Waals surface area contributed by atoms with Gasteiger partial charge in [-0.25, -0.2) is 0 Å². The lowest BCUT2D eigenvalue weighted by Gasteiger charge is -2.16. The highest BCUT2D eigenvalue weighted by Gasteiger charge is 2.03. The molecule has 0 amide bonds. The Bertz CT molecular complexity index is 674. The molecular formula is C19H22N4. The van der Waals surface area contributed by atoms with Crippen molar-refractivity contribution < 1.29 is 0 Å². The first-order valence-electron chi connectivity index (χ1n) is 7.89. The quantitative estimate of drug-likeness (QED) is 0.764. The molecule has 1 atom stereocenters. The summed E-state index contributed by atoms with van der Waals surface area (Å²) in [5, 5.41) is 10.1. The fraction of sp³-hybridized carbons (Fsp3) is 0.211. The summed E-state index contributed by atoms with van der Waals surface area (Å²) in [6.07, 6.45) is 9.98. The van der Waals surface area contributed by atoms with Gasteiger partial charge in [0.15, 0.2) is 0 Å². The lowest BCUT2D eigenvalue weighted by Crippen LogP contribution is -2.22. The molecule has 1 aliphatic heterocycles. The maximum absolute atomic E-state index is 4.03. The van der Waals surface area contributed by atoms with Gasteiger partial charge in [0.05, 0.1) is 0 Å². The van der Waals surface area contributed by atoms with Gasteiger partial charge in [-0.05, 0) is 66.7 Å². The fourth-order valence-electron chi connectivity index (χ4n) is 2.46. The molecule has 118 valence electrons. The van der Waals surface area contributed by atoms with Gasteiger partial charge in [0.2, 0.25) is 0 Å². The van der Waals surface area contributed by atoms with E-state index in [1.807, 2.05) is 30.7 Å². The number of nitrogens with one attached hydrogen (secondary N) is 3. The van der Waals surface area contributed by atoms with Crippen LogP contribution < -0.4 is 16.0 Å². The first-order valence-corrected chi connectivity index (χ1v) is 7.89. The predicted octanol–water partition coefficient (Wildman–Crippen LogP) is 3.54. The van der Waals surface area contributed by atoms with Crippen LogP contribution in [-0.2, 0) is 6.54 Å². The summed E-state index contributed by atoms with van der Waals surface area (Å²) in [4.78, 5) is 4.03. The van der Waals surface area contributed by atoms with Crippen molar-refractivity contribution in [1.82, 2.24) is 10.3 Å². The third kappa shape index (κ3) is 4.61. The van der Waals surface area contributed by atoms with Crippen molar-refractivity contribution >= 4 is 11.4 Å². The zero-order valence-corrected chi connectivity index (χ0v) is 13.3. The Morgan fingerprint density at radius 2 is 1.61 bits per heavy atom. The van der Waals surface area contributed by atoms with E-state index in [1.165, 1.54) is 11.1 Å². The predicted molar refractivity (Wildman–Crippen MR) is 96.3 cm³/mol. The molecule has 0 saturated carbocycles. The van der Waals surface area contributed by atoms with Crippen LogP contribution in [0.1, 0.15) is 12.5 Å². The van der Waals surface area contributed by atoms with Crippen molar-refractivity contribution in [2.75, 3.05) is 17.2 Å². The van der Waals surface area contributed by atoms with E-state index in [2.05, 4.69) is 64.3 Å². The first-order chi connectivity index (χ1) is 11.3. The number of rotatable bonds is 6. The largest absolute Gasteiger partial charge is 0.385 e. The van der Waals surface area contributed by atoms with Crippen molar-refractivity contribution in [3.05, 3.63) is 78.3 Å². The van der Waals surface area contributed by atoms with E-state index in [4.69, 9.17) is 0 Å². The summed E-state index contributed by atoms with van der Waals surface area (Å²) in [6.45, 7) is 3.79. The molecule has 0 bridgehead atoms. The second-order valence-electron chi connectivity index (χ2n) is 5.67. The number of nitrogens with zero attached hydrogens (tertiary/aromatic N) is 1. The van der Waals surface area contributed by atoms with Gasteiger partial charge in [-0.2, -0.15) is 0 Å². The van der Waals surface area contributed by atoms with Crippen LogP contribution in [0.4, 0.5) is 11.4 Å².